The molecule has 6 nitrogen and oxygen atoms in total. The Morgan fingerprint density at radius 1 is 1.46 bits per heavy atom. The van der Waals surface area contributed by atoms with Crippen LogP contribution in [0.1, 0.15) is 26.2 Å². The molecular weight excluding hydrogens is 350 g/mol. The van der Waals surface area contributed by atoms with Crippen LogP contribution in [0.15, 0.2) is 18.2 Å². The molecule has 142 valence electrons. The van der Waals surface area contributed by atoms with Gasteiger partial charge in [-0.25, -0.2) is 4.98 Å². The van der Waals surface area contributed by atoms with E-state index in [0.717, 1.165) is 53.4 Å². The summed E-state index contributed by atoms with van der Waals surface area (Å²) in [6.45, 7) is 5.66. The maximum absolute atomic E-state index is 12.4. The van der Waals surface area contributed by atoms with Gasteiger partial charge in [-0.3, -0.25) is 4.79 Å². The maximum Gasteiger partial charge on any atom is 0.224 e. The molecule has 1 saturated heterocycles. The van der Waals surface area contributed by atoms with Gasteiger partial charge in [0.2, 0.25) is 5.91 Å². The zero-order valence-electron chi connectivity index (χ0n) is 15.5. The number of hydrogen-bond acceptors (Lipinski definition) is 6. The average molecular weight is 378 g/mol. The third kappa shape index (κ3) is 4.65. The SMILES string of the molecule is CCOc1ccc2nc(N3CCC[C@@H](C(=O)NCCCOC)C3)sc2c1. The molecule has 1 atom stereocenters. The number of amides is 1. The molecular formula is C19H27N3O3S. The van der Waals surface area contributed by atoms with Gasteiger partial charge in [0.05, 0.1) is 22.7 Å². The molecule has 1 aromatic heterocycles. The van der Waals surface area contributed by atoms with Gasteiger partial charge in [-0.1, -0.05) is 11.3 Å². The lowest BCUT2D eigenvalue weighted by Gasteiger charge is -2.31. The first-order valence-corrected chi connectivity index (χ1v) is 10.1. The van der Waals surface area contributed by atoms with E-state index in [2.05, 4.69) is 10.2 Å². The molecule has 7 heteroatoms. The van der Waals surface area contributed by atoms with Gasteiger partial charge in [-0.15, -0.1) is 0 Å². The predicted molar refractivity (Wildman–Crippen MR) is 105 cm³/mol. The van der Waals surface area contributed by atoms with Crippen LogP contribution in [-0.4, -0.2) is 50.8 Å². The summed E-state index contributed by atoms with van der Waals surface area (Å²) >= 11 is 1.67. The van der Waals surface area contributed by atoms with Crippen molar-refractivity contribution in [3.05, 3.63) is 18.2 Å². The number of aromatic nitrogens is 1. The Morgan fingerprint density at radius 3 is 3.15 bits per heavy atom. The van der Waals surface area contributed by atoms with Gasteiger partial charge in [0.15, 0.2) is 5.13 Å². The second kappa shape index (κ2) is 9.19. The van der Waals surface area contributed by atoms with Crippen LogP contribution in [0.25, 0.3) is 10.2 Å². The number of thiazole rings is 1. The molecule has 0 spiro atoms. The molecule has 0 unspecified atom stereocenters. The fourth-order valence-corrected chi connectivity index (χ4v) is 4.25. The van der Waals surface area contributed by atoms with Crippen molar-refractivity contribution in [2.75, 3.05) is 44.9 Å². The molecule has 0 radical (unpaired) electrons. The molecule has 0 saturated carbocycles. The van der Waals surface area contributed by atoms with Crippen LogP contribution in [0, 0.1) is 5.92 Å². The standard InChI is InChI=1S/C19H27N3O3S/c1-3-25-15-7-8-16-17(12-15)26-19(21-16)22-10-4-6-14(13-22)18(23)20-9-5-11-24-2/h7-8,12,14H,3-6,9-11,13H2,1-2H3,(H,20,23)/t14-/m1/s1. The number of piperidine rings is 1. The van der Waals surface area contributed by atoms with E-state index in [-0.39, 0.29) is 11.8 Å². The van der Waals surface area contributed by atoms with Crippen molar-refractivity contribution >= 4 is 32.6 Å². The van der Waals surface area contributed by atoms with Crippen molar-refractivity contribution in [3.8, 4) is 5.75 Å². The quantitative estimate of drug-likeness (QED) is 0.717. The zero-order chi connectivity index (χ0) is 18.4. The summed E-state index contributed by atoms with van der Waals surface area (Å²) in [7, 11) is 1.68. The summed E-state index contributed by atoms with van der Waals surface area (Å²) in [4.78, 5) is 19.4. The molecule has 2 heterocycles. The van der Waals surface area contributed by atoms with E-state index >= 15 is 0 Å². The second-order valence-electron chi connectivity index (χ2n) is 6.48. The Morgan fingerprint density at radius 2 is 2.35 bits per heavy atom. The van der Waals surface area contributed by atoms with Gasteiger partial charge in [0.1, 0.15) is 5.75 Å². The van der Waals surface area contributed by atoms with Crippen LogP contribution in [0.4, 0.5) is 5.13 Å². The van der Waals surface area contributed by atoms with E-state index in [1.165, 1.54) is 0 Å². The van der Waals surface area contributed by atoms with Crippen molar-refractivity contribution in [3.63, 3.8) is 0 Å². The van der Waals surface area contributed by atoms with Gasteiger partial charge >= 0.3 is 0 Å². The van der Waals surface area contributed by atoms with Gasteiger partial charge in [0, 0.05) is 33.4 Å². The molecule has 1 aliphatic heterocycles. The van der Waals surface area contributed by atoms with Crippen molar-refractivity contribution in [2.24, 2.45) is 5.92 Å². The lowest BCUT2D eigenvalue weighted by atomic mass is 9.97. The number of fused-ring (bicyclic) bond motifs is 1. The van der Waals surface area contributed by atoms with Gasteiger partial charge in [-0.05, 0) is 44.4 Å². The number of carbonyl (C=O) groups excluding carboxylic acids is 1. The third-order valence-electron chi connectivity index (χ3n) is 4.55. The van der Waals surface area contributed by atoms with E-state index in [9.17, 15) is 4.79 Å². The molecule has 1 amide bonds. The second-order valence-corrected chi connectivity index (χ2v) is 7.49. The smallest absolute Gasteiger partial charge is 0.224 e. The monoisotopic (exact) mass is 377 g/mol. The lowest BCUT2D eigenvalue weighted by molar-refractivity contribution is -0.125. The Balaban J connectivity index is 1.63. The number of carbonyl (C=O) groups is 1. The molecule has 1 fully saturated rings. The maximum atomic E-state index is 12.4. The number of hydrogen-bond donors (Lipinski definition) is 1. The minimum Gasteiger partial charge on any atom is -0.494 e. The fourth-order valence-electron chi connectivity index (χ4n) is 3.22. The number of rotatable bonds is 8. The molecule has 0 aliphatic carbocycles. The van der Waals surface area contributed by atoms with E-state index in [0.29, 0.717) is 19.8 Å². The first-order valence-electron chi connectivity index (χ1n) is 9.26. The fraction of sp³-hybridized carbons (Fsp3) is 0.579. The summed E-state index contributed by atoms with van der Waals surface area (Å²) in [5, 5.41) is 4.02. The molecule has 1 aliphatic rings. The van der Waals surface area contributed by atoms with Gasteiger partial charge in [-0.2, -0.15) is 0 Å². The van der Waals surface area contributed by atoms with Crippen LogP contribution in [0.2, 0.25) is 0 Å². The highest BCUT2D eigenvalue weighted by atomic mass is 32.1. The number of nitrogens with zero attached hydrogens (tertiary/aromatic N) is 2. The van der Waals surface area contributed by atoms with Crippen molar-refractivity contribution in [2.45, 2.75) is 26.2 Å². The summed E-state index contributed by atoms with van der Waals surface area (Å²) in [6.07, 6.45) is 2.79. The predicted octanol–water partition coefficient (Wildman–Crippen LogP) is 3.06. The van der Waals surface area contributed by atoms with Crippen molar-refractivity contribution < 1.29 is 14.3 Å². The summed E-state index contributed by atoms with van der Waals surface area (Å²) in [5.74, 6) is 1.05. The summed E-state index contributed by atoms with van der Waals surface area (Å²) in [6, 6.07) is 6.01. The largest absolute Gasteiger partial charge is 0.494 e. The molecule has 1 N–H and O–H groups in total. The van der Waals surface area contributed by atoms with Crippen LogP contribution >= 0.6 is 11.3 Å². The van der Waals surface area contributed by atoms with Gasteiger partial charge in [0.25, 0.3) is 0 Å². The number of nitrogens with one attached hydrogen (secondary N) is 1. The number of ether oxygens (including phenoxy) is 2. The van der Waals surface area contributed by atoms with E-state index in [1.807, 2.05) is 25.1 Å². The molecule has 1 aromatic carbocycles. The van der Waals surface area contributed by atoms with Gasteiger partial charge < -0.3 is 19.7 Å². The molecule has 0 bridgehead atoms. The van der Waals surface area contributed by atoms with Crippen LogP contribution < -0.4 is 15.0 Å². The number of anilines is 1. The summed E-state index contributed by atoms with van der Waals surface area (Å²) in [5.41, 5.74) is 0.986. The van der Waals surface area contributed by atoms with E-state index in [1.54, 1.807) is 18.4 Å². The normalized spacial score (nSPS) is 17.5. The van der Waals surface area contributed by atoms with Crippen LogP contribution in [0.5, 0.6) is 5.75 Å². The number of methoxy groups -OCH3 is 1. The highest BCUT2D eigenvalue weighted by Crippen LogP contribution is 2.33. The first-order chi connectivity index (χ1) is 12.7. The zero-order valence-corrected chi connectivity index (χ0v) is 16.3. The molecule has 2 aromatic rings. The Hall–Kier alpha value is -1.86. The minimum absolute atomic E-state index is 0.0253. The Bertz CT molecular complexity index is 734. The Labute approximate surface area is 158 Å². The minimum atomic E-state index is 0.0253. The van der Waals surface area contributed by atoms with Crippen LogP contribution in [0.3, 0.4) is 0 Å². The number of benzene rings is 1. The van der Waals surface area contributed by atoms with Crippen molar-refractivity contribution in [1.82, 2.24) is 10.3 Å². The third-order valence-corrected chi connectivity index (χ3v) is 5.63. The molecule has 26 heavy (non-hydrogen) atoms. The van der Waals surface area contributed by atoms with E-state index < -0.39 is 0 Å². The lowest BCUT2D eigenvalue weighted by Crippen LogP contribution is -2.43. The van der Waals surface area contributed by atoms with Crippen molar-refractivity contribution in [1.29, 1.82) is 0 Å². The highest BCUT2D eigenvalue weighted by Gasteiger charge is 2.27. The average Bonchev–Trinajstić information content (AvgIpc) is 3.09. The summed E-state index contributed by atoms with van der Waals surface area (Å²) < 4.78 is 11.7. The molecule has 3 rings (SSSR count). The van der Waals surface area contributed by atoms with Crippen LogP contribution in [-0.2, 0) is 9.53 Å². The van der Waals surface area contributed by atoms with E-state index in [4.69, 9.17) is 14.5 Å². The first kappa shape index (κ1) is 18.9. The Kier molecular flexibility index (Phi) is 6.68. The highest BCUT2D eigenvalue weighted by molar-refractivity contribution is 7.22. The topological polar surface area (TPSA) is 63.7 Å².